The smallest absolute Gasteiger partial charge is 0.101 e. The Morgan fingerprint density at radius 2 is 0.758 bits per heavy atom. The topological polar surface area (TPSA) is 6.48 Å². The Labute approximate surface area is 210 Å². The minimum atomic E-state index is 0.641. The molecular formula is C31H62N2. The molecule has 0 aromatic carbocycles. The van der Waals surface area contributed by atoms with E-state index in [-0.39, 0.29) is 0 Å². The molecule has 33 heavy (non-hydrogen) atoms. The van der Waals surface area contributed by atoms with E-state index in [9.17, 15) is 0 Å². The summed E-state index contributed by atoms with van der Waals surface area (Å²) in [5.41, 5.74) is 0. The van der Waals surface area contributed by atoms with E-state index < -0.39 is 0 Å². The lowest BCUT2D eigenvalue weighted by Gasteiger charge is -2.33. The second kappa shape index (κ2) is 23.1. The van der Waals surface area contributed by atoms with E-state index in [2.05, 4.69) is 43.0 Å². The normalized spacial score (nSPS) is 15.8. The summed E-state index contributed by atoms with van der Waals surface area (Å²) in [6.07, 6.45) is 38.2. The third kappa shape index (κ3) is 16.6. The Bertz CT molecular complexity index is 419. The van der Waals surface area contributed by atoms with Crippen LogP contribution in [0.5, 0.6) is 0 Å². The van der Waals surface area contributed by atoms with Crippen LogP contribution >= 0.6 is 0 Å². The van der Waals surface area contributed by atoms with Crippen molar-refractivity contribution in [2.24, 2.45) is 0 Å². The van der Waals surface area contributed by atoms with Gasteiger partial charge in [0.2, 0.25) is 0 Å². The van der Waals surface area contributed by atoms with Gasteiger partial charge in [0.25, 0.3) is 0 Å². The van der Waals surface area contributed by atoms with Crippen LogP contribution in [-0.4, -0.2) is 29.1 Å². The SMILES string of the molecule is CCCCCCCCCCCCCCCCCCC1N(CCC)C=CN1CCCCCCC. The van der Waals surface area contributed by atoms with Gasteiger partial charge in [-0.15, -0.1) is 0 Å². The maximum absolute atomic E-state index is 2.65. The van der Waals surface area contributed by atoms with Crippen molar-refractivity contribution in [3.8, 4) is 0 Å². The number of rotatable bonds is 25. The summed E-state index contributed by atoms with van der Waals surface area (Å²) in [4.78, 5) is 5.25. The molecule has 2 heteroatoms. The molecule has 0 saturated carbocycles. The van der Waals surface area contributed by atoms with E-state index in [1.807, 2.05) is 0 Å². The third-order valence-corrected chi connectivity index (χ3v) is 7.53. The minimum absolute atomic E-state index is 0.641. The molecule has 0 aromatic rings. The van der Waals surface area contributed by atoms with Crippen LogP contribution in [0.25, 0.3) is 0 Å². The lowest BCUT2D eigenvalue weighted by molar-refractivity contribution is 0.137. The van der Waals surface area contributed by atoms with Gasteiger partial charge in [-0.05, 0) is 25.7 Å². The van der Waals surface area contributed by atoms with Gasteiger partial charge in [-0.2, -0.15) is 0 Å². The number of nitrogens with zero attached hydrogens (tertiary/aromatic N) is 2. The second-order valence-corrected chi connectivity index (χ2v) is 10.8. The Morgan fingerprint density at radius 1 is 0.394 bits per heavy atom. The molecule has 0 N–H and O–H groups in total. The Hall–Kier alpha value is -0.660. The largest absolute Gasteiger partial charge is 0.356 e. The molecule has 1 aliphatic heterocycles. The van der Waals surface area contributed by atoms with Crippen molar-refractivity contribution < 1.29 is 0 Å². The first-order chi connectivity index (χ1) is 16.3. The van der Waals surface area contributed by atoms with E-state index in [0.29, 0.717) is 6.17 Å². The van der Waals surface area contributed by atoms with Crippen molar-refractivity contribution in [3.05, 3.63) is 12.4 Å². The zero-order valence-corrected chi connectivity index (χ0v) is 23.3. The number of hydrogen-bond acceptors (Lipinski definition) is 2. The van der Waals surface area contributed by atoms with Gasteiger partial charge in [0.1, 0.15) is 6.17 Å². The van der Waals surface area contributed by atoms with Gasteiger partial charge in [-0.3, -0.25) is 0 Å². The van der Waals surface area contributed by atoms with E-state index in [1.54, 1.807) is 0 Å². The molecule has 0 saturated heterocycles. The van der Waals surface area contributed by atoms with Crippen molar-refractivity contribution in [2.45, 2.75) is 175 Å². The predicted octanol–water partition coefficient (Wildman–Crippen LogP) is 10.4. The fourth-order valence-electron chi connectivity index (χ4n) is 5.37. The summed E-state index contributed by atoms with van der Waals surface area (Å²) in [7, 11) is 0. The first-order valence-corrected chi connectivity index (χ1v) is 15.5. The fourth-order valence-corrected chi connectivity index (χ4v) is 5.37. The van der Waals surface area contributed by atoms with Gasteiger partial charge in [-0.1, -0.05) is 143 Å². The lowest BCUT2D eigenvalue weighted by Crippen LogP contribution is -2.39. The van der Waals surface area contributed by atoms with Crippen LogP contribution in [-0.2, 0) is 0 Å². The van der Waals surface area contributed by atoms with Gasteiger partial charge in [0.05, 0.1) is 0 Å². The van der Waals surface area contributed by atoms with Crippen molar-refractivity contribution in [1.29, 1.82) is 0 Å². The molecule has 0 fully saturated rings. The van der Waals surface area contributed by atoms with Crippen LogP contribution in [0.4, 0.5) is 0 Å². The van der Waals surface area contributed by atoms with Crippen molar-refractivity contribution in [1.82, 2.24) is 9.80 Å². The first kappa shape index (κ1) is 30.4. The van der Waals surface area contributed by atoms with Gasteiger partial charge in [0, 0.05) is 25.5 Å². The molecule has 0 spiro atoms. The zero-order valence-electron chi connectivity index (χ0n) is 23.3. The molecule has 1 unspecified atom stereocenters. The molecule has 1 aliphatic rings. The fraction of sp³-hybridized carbons (Fsp3) is 0.935. The molecule has 0 aromatic heterocycles. The summed E-state index contributed by atoms with van der Waals surface area (Å²) in [5.74, 6) is 0. The van der Waals surface area contributed by atoms with Crippen molar-refractivity contribution >= 4 is 0 Å². The summed E-state index contributed by atoms with van der Waals surface area (Å²) < 4.78 is 0. The van der Waals surface area contributed by atoms with Crippen LogP contribution in [0.1, 0.15) is 168 Å². The summed E-state index contributed by atoms with van der Waals surface area (Å²) in [6, 6.07) is 0. The van der Waals surface area contributed by atoms with Gasteiger partial charge in [-0.25, -0.2) is 0 Å². The third-order valence-electron chi connectivity index (χ3n) is 7.53. The van der Waals surface area contributed by atoms with E-state index >= 15 is 0 Å². The average Bonchev–Trinajstić information content (AvgIpc) is 3.20. The molecule has 1 atom stereocenters. The summed E-state index contributed by atoms with van der Waals surface area (Å²) in [6.45, 7) is 9.39. The van der Waals surface area contributed by atoms with Crippen LogP contribution in [0.15, 0.2) is 12.4 Å². The molecule has 0 radical (unpaired) electrons. The number of unbranched alkanes of at least 4 members (excludes halogenated alkanes) is 19. The van der Waals surface area contributed by atoms with Gasteiger partial charge in [0.15, 0.2) is 0 Å². The first-order valence-electron chi connectivity index (χ1n) is 15.5. The Morgan fingerprint density at radius 3 is 1.18 bits per heavy atom. The van der Waals surface area contributed by atoms with E-state index in [4.69, 9.17) is 0 Å². The second-order valence-electron chi connectivity index (χ2n) is 10.8. The molecule has 196 valence electrons. The molecule has 0 amide bonds. The van der Waals surface area contributed by atoms with Crippen LogP contribution in [0.3, 0.4) is 0 Å². The number of hydrogen-bond donors (Lipinski definition) is 0. The average molecular weight is 463 g/mol. The van der Waals surface area contributed by atoms with Crippen molar-refractivity contribution in [3.63, 3.8) is 0 Å². The lowest BCUT2D eigenvalue weighted by atomic mass is 10.0. The maximum atomic E-state index is 2.65. The summed E-state index contributed by atoms with van der Waals surface area (Å²) in [5, 5.41) is 0. The van der Waals surface area contributed by atoms with Crippen molar-refractivity contribution in [2.75, 3.05) is 13.1 Å². The predicted molar refractivity (Wildman–Crippen MR) is 150 cm³/mol. The summed E-state index contributed by atoms with van der Waals surface area (Å²) >= 11 is 0. The van der Waals surface area contributed by atoms with Gasteiger partial charge < -0.3 is 9.80 Å². The molecule has 0 aliphatic carbocycles. The van der Waals surface area contributed by atoms with Crippen LogP contribution in [0.2, 0.25) is 0 Å². The highest BCUT2D eigenvalue weighted by Crippen LogP contribution is 2.23. The quantitative estimate of drug-likeness (QED) is 0.124. The highest BCUT2D eigenvalue weighted by Gasteiger charge is 2.24. The maximum Gasteiger partial charge on any atom is 0.101 e. The minimum Gasteiger partial charge on any atom is -0.356 e. The van der Waals surface area contributed by atoms with Crippen LogP contribution < -0.4 is 0 Å². The molecule has 1 heterocycles. The Balaban J connectivity index is 1.97. The highest BCUT2D eigenvalue weighted by atomic mass is 15.4. The standard InChI is InChI=1S/C31H62N2/c1-4-7-9-11-12-13-14-15-16-17-18-19-20-21-22-24-26-31-32(27-6-3)29-30-33(31)28-25-23-10-8-5-2/h29-31H,4-28H2,1-3H3. The molecule has 0 bridgehead atoms. The monoisotopic (exact) mass is 462 g/mol. The van der Waals surface area contributed by atoms with E-state index in [0.717, 1.165) is 0 Å². The molecular weight excluding hydrogens is 400 g/mol. The zero-order chi connectivity index (χ0) is 23.8. The van der Waals surface area contributed by atoms with Gasteiger partial charge >= 0.3 is 0 Å². The Kier molecular flexibility index (Phi) is 21.3. The van der Waals surface area contributed by atoms with Crippen LogP contribution in [0, 0.1) is 0 Å². The highest BCUT2D eigenvalue weighted by molar-refractivity contribution is 4.96. The van der Waals surface area contributed by atoms with E-state index in [1.165, 1.54) is 161 Å². The molecule has 2 nitrogen and oxygen atoms in total. The molecule has 1 rings (SSSR count).